The summed E-state index contributed by atoms with van der Waals surface area (Å²) in [5.74, 6) is 6.17. The van der Waals surface area contributed by atoms with Crippen molar-refractivity contribution in [2.45, 2.75) is 25.6 Å². The fraction of sp³-hybridized carbons (Fsp3) is 0.550. The molecule has 1 aliphatic heterocycles. The van der Waals surface area contributed by atoms with Crippen LogP contribution in [0.15, 0.2) is 29.3 Å². The number of aliphatic imine (C=N–C) groups is 1. The quantitative estimate of drug-likeness (QED) is 0.276. The first-order chi connectivity index (χ1) is 13.2. The molecule has 0 bridgehead atoms. The van der Waals surface area contributed by atoms with E-state index in [0.717, 1.165) is 38.4 Å². The number of halogens is 4. The van der Waals surface area contributed by atoms with Crippen LogP contribution in [-0.4, -0.2) is 62.8 Å². The number of guanidine groups is 1. The molecule has 0 amide bonds. The van der Waals surface area contributed by atoms with Crippen LogP contribution in [0.5, 0.6) is 0 Å². The Kier molecular flexibility index (Phi) is 10.2. The van der Waals surface area contributed by atoms with Crippen LogP contribution in [-0.2, 0) is 10.9 Å². The Morgan fingerprint density at radius 3 is 2.52 bits per heavy atom. The summed E-state index contributed by atoms with van der Waals surface area (Å²) in [5.41, 5.74) is -0.436. The number of hydrogen-bond acceptors (Lipinski definition) is 3. The second-order valence-corrected chi connectivity index (χ2v) is 7.07. The lowest BCUT2D eigenvalue weighted by Gasteiger charge is -2.41. The van der Waals surface area contributed by atoms with E-state index in [1.807, 2.05) is 0 Å². The van der Waals surface area contributed by atoms with Crippen molar-refractivity contribution in [3.05, 3.63) is 35.4 Å². The Morgan fingerprint density at radius 1 is 1.21 bits per heavy atom. The lowest BCUT2D eigenvalue weighted by Crippen LogP contribution is -2.56. The third-order valence-electron chi connectivity index (χ3n) is 4.55. The Morgan fingerprint density at radius 2 is 1.90 bits per heavy atom. The third kappa shape index (κ3) is 8.40. The van der Waals surface area contributed by atoms with Gasteiger partial charge in [-0.05, 0) is 32.0 Å². The summed E-state index contributed by atoms with van der Waals surface area (Å²) in [5, 5.41) is 6.33. The molecular weight excluding hydrogens is 496 g/mol. The van der Waals surface area contributed by atoms with Crippen molar-refractivity contribution in [1.82, 2.24) is 15.5 Å². The highest BCUT2D eigenvalue weighted by atomic mass is 127. The lowest BCUT2D eigenvalue weighted by atomic mass is 10.0. The standard InChI is InChI=1S/C20H27F3N4O.HI/c1-19(2,27-10-12-28-13-11-27)15-26-18(24-3)25-9-5-7-16-6-4-8-17(14-16)20(21,22)23;/h4,6,8,14H,9-13,15H2,1-3H3,(H2,24,25,26);1H. The summed E-state index contributed by atoms with van der Waals surface area (Å²) in [6, 6.07) is 4.99. The summed E-state index contributed by atoms with van der Waals surface area (Å²) in [4.78, 5) is 6.53. The maximum atomic E-state index is 12.7. The number of benzene rings is 1. The van der Waals surface area contributed by atoms with Crippen LogP contribution in [0, 0.1) is 11.8 Å². The van der Waals surface area contributed by atoms with Gasteiger partial charge in [0.25, 0.3) is 0 Å². The average molecular weight is 524 g/mol. The molecule has 2 rings (SSSR count). The average Bonchev–Trinajstić information content (AvgIpc) is 2.67. The Balaban J connectivity index is 0.00000420. The summed E-state index contributed by atoms with van der Waals surface area (Å²) in [7, 11) is 1.66. The minimum Gasteiger partial charge on any atom is -0.379 e. The van der Waals surface area contributed by atoms with Crippen LogP contribution in [0.3, 0.4) is 0 Å². The zero-order valence-corrected chi connectivity index (χ0v) is 19.2. The Hall–Kier alpha value is -1.51. The lowest BCUT2D eigenvalue weighted by molar-refractivity contribution is -0.137. The van der Waals surface area contributed by atoms with Crippen LogP contribution in [0.4, 0.5) is 13.2 Å². The minimum atomic E-state index is -4.37. The molecule has 2 N–H and O–H groups in total. The van der Waals surface area contributed by atoms with Crippen LogP contribution in [0.2, 0.25) is 0 Å². The van der Waals surface area contributed by atoms with E-state index in [0.29, 0.717) is 18.1 Å². The zero-order valence-electron chi connectivity index (χ0n) is 16.9. The van der Waals surface area contributed by atoms with Gasteiger partial charge >= 0.3 is 6.18 Å². The Bertz CT molecular complexity index is 735. The van der Waals surface area contributed by atoms with Crippen molar-refractivity contribution in [3.63, 3.8) is 0 Å². The molecule has 0 unspecified atom stereocenters. The number of morpholine rings is 1. The molecule has 0 aliphatic carbocycles. The second-order valence-electron chi connectivity index (χ2n) is 7.07. The highest BCUT2D eigenvalue weighted by molar-refractivity contribution is 14.0. The molecule has 1 aliphatic rings. The molecule has 0 spiro atoms. The molecular formula is C20H28F3IN4O. The van der Waals surface area contributed by atoms with E-state index >= 15 is 0 Å². The number of ether oxygens (including phenoxy) is 1. The van der Waals surface area contributed by atoms with E-state index in [9.17, 15) is 13.2 Å². The van der Waals surface area contributed by atoms with Gasteiger partial charge in [-0.1, -0.05) is 17.9 Å². The highest BCUT2D eigenvalue weighted by Crippen LogP contribution is 2.29. The summed E-state index contributed by atoms with van der Waals surface area (Å²) in [6.07, 6.45) is -4.37. The van der Waals surface area contributed by atoms with Crippen LogP contribution in [0.25, 0.3) is 0 Å². The fourth-order valence-electron chi connectivity index (χ4n) is 2.85. The second kappa shape index (κ2) is 11.6. The molecule has 9 heteroatoms. The van der Waals surface area contributed by atoms with Crippen molar-refractivity contribution in [3.8, 4) is 11.8 Å². The van der Waals surface area contributed by atoms with Crippen molar-refractivity contribution in [2.24, 2.45) is 4.99 Å². The summed E-state index contributed by atoms with van der Waals surface area (Å²) < 4.78 is 43.6. The predicted octanol–water partition coefficient (Wildman–Crippen LogP) is 2.95. The van der Waals surface area contributed by atoms with E-state index in [-0.39, 0.29) is 36.1 Å². The van der Waals surface area contributed by atoms with E-state index in [2.05, 4.69) is 46.2 Å². The molecule has 1 saturated heterocycles. The molecule has 29 heavy (non-hydrogen) atoms. The smallest absolute Gasteiger partial charge is 0.379 e. The summed E-state index contributed by atoms with van der Waals surface area (Å²) in [6.45, 7) is 8.54. The predicted molar refractivity (Wildman–Crippen MR) is 120 cm³/mol. The van der Waals surface area contributed by atoms with Gasteiger partial charge in [-0.15, -0.1) is 24.0 Å². The zero-order chi connectivity index (χ0) is 20.6. The molecule has 0 radical (unpaired) electrons. The monoisotopic (exact) mass is 524 g/mol. The van der Waals surface area contributed by atoms with E-state index < -0.39 is 11.7 Å². The Labute approximate surface area is 187 Å². The maximum Gasteiger partial charge on any atom is 0.416 e. The SMILES string of the molecule is CN=C(NCC#Cc1cccc(C(F)(F)F)c1)NCC(C)(C)N1CCOCC1.I. The van der Waals surface area contributed by atoms with Gasteiger partial charge in [0.15, 0.2) is 5.96 Å². The fourth-order valence-corrected chi connectivity index (χ4v) is 2.85. The van der Waals surface area contributed by atoms with Crippen molar-refractivity contribution < 1.29 is 17.9 Å². The first-order valence-electron chi connectivity index (χ1n) is 9.16. The molecule has 1 aromatic rings. The number of rotatable bonds is 4. The largest absolute Gasteiger partial charge is 0.416 e. The molecule has 1 heterocycles. The number of alkyl halides is 3. The third-order valence-corrected chi connectivity index (χ3v) is 4.55. The van der Waals surface area contributed by atoms with E-state index in [1.54, 1.807) is 13.1 Å². The number of nitrogens with one attached hydrogen (secondary N) is 2. The van der Waals surface area contributed by atoms with Gasteiger partial charge < -0.3 is 15.4 Å². The molecule has 5 nitrogen and oxygen atoms in total. The molecule has 0 saturated carbocycles. The van der Waals surface area contributed by atoms with Gasteiger partial charge in [-0.3, -0.25) is 9.89 Å². The van der Waals surface area contributed by atoms with Gasteiger partial charge in [0, 0.05) is 37.8 Å². The van der Waals surface area contributed by atoms with Crippen molar-refractivity contribution in [2.75, 3.05) is 46.4 Å². The van der Waals surface area contributed by atoms with Gasteiger partial charge in [-0.2, -0.15) is 13.2 Å². The molecule has 1 aromatic carbocycles. The minimum absolute atomic E-state index is 0. The highest BCUT2D eigenvalue weighted by Gasteiger charge is 2.30. The van der Waals surface area contributed by atoms with Gasteiger partial charge in [0.1, 0.15) is 0 Å². The van der Waals surface area contributed by atoms with E-state index in [4.69, 9.17) is 4.74 Å². The molecule has 0 aromatic heterocycles. The molecule has 162 valence electrons. The van der Waals surface area contributed by atoms with Crippen LogP contribution >= 0.6 is 24.0 Å². The normalized spacial score (nSPS) is 15.7. The van der Waals surface area contributed by atoms with Crippen LogP contribution in [0.1, 0.15) is 25.0 Å². The van der Waals surface area contributed by atoms with E-state index in [1.165, 1.54) is 6.07 Å². The van der Waals surface area contributed by atoms with Crippen molar-refractivity contribution >= 4 is 29.9 Å². The topological polar surface area (TPSA) is 48.9 Å². The first-order valence-corrected chi connectivity index (χ1v) is 9.16. The van der Waals surface area contributed by atoms with Crippen molar-refractivity contribution in [1.29, 1.82) is 0 Å². The van der Waals surface area contributed by atoms with Crippen LogP contribution < -0.4 is 10.6 Å². The van der Waals surface area contributed by atoms with Gasteiger partial charge in [0.2, 0.25) is 0 Å². The van der Waals surface area contributed by atoms with Gasteiger partial charge in [-0.25, -0.2) is 0 Å². The number of nitrogens with zero attached hydrogens (tertiary/aromatic N) is 2. The molecule has 1 fully saturated rings. The number of hydrogen-bond donors (Lipinski definition) is 2. The maximum absolute atomic E-state index is 12.7. The first kappa shape index (κ1) is 25.5. The van der Waals surface area contributed by atoms with Gasteiger partial charge in [0.05, 0.1) is 25.3 Å². The molecule has 0 atom stereocenters. The summed E-state index contributed by atoms with van der Waals surface area (Å²) >= 11 is 0.